The van der Waals surface area contributed by atoms with Crippen LogP contribution in [0.2, 0.25) is 0 Å². The Morgan fingerprint density at radius 2 is 2.07 bits per heavy atom. The standard InChI is InChI=1S/C16H14F2N4O3S2/c1-9-14(26-8-19-9)16-21-20-15(25-16)13-3-2-6-22(13)27(23,24)10-4-5-11(17)12(18)7-10/h4-5,7-8,13H,2-3,6H2,1H3. The number of hydrogen-bond acceptors (Lipinski definition) is 7. The molecule has 1 aliphatic heterocycles. The van der Waals surface area contributed by atoms with Crippen molar-refractivity contribution in [3.05, 3.63) is 46.9 Å². The van der Waals surface area contributed by atoms with Crippen LogP contribution in [-0.2, 0) is 10.0 Å². The highest BCUT2D eigenvalue weighted by Crippen LogP contribution is 2.37. The summed E-state index contributed by atoms with van der Waals surface area (Å²) < 4.78 is 59.4. The molecular weight excluding hydrogens is 398 g/mol. The van der Waals surface area contributed by atoms with Gasteiger partial charge >= 0.3 is 0 Å². The smallest absolute Gasteiger partial charge is 0.259 e. The number of thiazole rings is 1. The summed E-state index contributed by atoms with van der Waals surface area (Å²) >= 11 is 1.35. The van der Waals surface area contributed by atoms with Gasteiger partial charge in [-0.05, 0) is 38.0 Å². The van der Waals surface area contributed by atoms with E-state index >= 15 is 0 Å². The zero-order valence-electron chi connectivity index (χ0n) is 14.1. The van der Waals surface area contributed by atoms with E-state index in [0.29, 0.717) is 18.9 Å². The van der Waals surface area contributed by atoms with Crippen molar-refractivity contribution in [3.63, 3.8) is 0 Å². The zero-order valence-corrected chi connectivity index (χ0v) is 15.7. The Hall–Kier alpha value is -2.24. The molecule has 1 atom stereocenters. The van der Waals surface area contributed by atoms with E-state index in [-0.39, 0.29) is 23.2 Å². The monoisotopic (exact) mass is 412 g/mol. The largest absolute Gasteiger partial charge is 0.418 e. The highest BCUT2D eigenvalue weighted by molar-refractivity contribution is 7.89. The van der Waals surface area contributed by atoms with Crippen LogP contribution in [-0.4, -0.2) is 34.4 Å². The van der Waals surface area contributed by atoms with Crippen LogP contribution < -0.4 is 0 Å². The summed E-state index contributed by atoms with van der Waals surface area (Å²) in [5.41, 5.74) is 2.40. The van der Waals surface area contributed by atoms with Gasteiger partial charge in [0.25, 0.3) is 5.89 Å². The van der Waals surface area contributed by atoms with Gasteiger partial charge in [0.1, 0.15) is 10.9 Å². The molecular formula is C16H14F2N4O3S2. The summed E-state index contributed by atoms with van der Waals surface area (Å²) in [6.45, 7) is 2.04. The van der Waals surface area contributed by atoms with Crippen LogP contribution >= 0.6 is 11.3 Å². The molecule has 142 valence electrons. The van der Waals surface area contributed by atoms with E-state index in [4.69, 9.17) is 4.42 Å². The van der Waals surface area contributed by atoms with Crippen LogP contribution in [0.15, 0.2) is 33.0 Å². The van der Waals surface area contributed by atoms with E-state index in [9.17, 15) is 17.2 Å². The quantitative estimate of drug-likeness (QED) is 0.653. The third-order valence-electron chi connectivity index (χ3n) is 4.37. The van der Waals surface area contributed by atoms with Crippen LogP contribution in [0.3, 0.4) is 0 Å². The van der Waals surface area contributed by atoms with Crippen LogP contribution in [0, 0.1) is 18.6 Å². The summed E-state index contributed by atoms with van der Waals surface area (Å²) in [5.74, 6) is -1.87. The van der Waals surface area contributed by atoms with Crippen LogP contribution in [0.5, 0.6) is 0 Å². The highest BCUT2D eigenvalue weighted by Gasteiger charge is 2.39. The molecule has 1 aliphatic rings. The summed E-state index contributed by atoms with van der Waals surface area (Å²) in [4.78, 5) is 4.54. The molecule has 0 N–H and O–H groups in total. The fourth-order valence-corrected chi connectivity index (χ4v) is 5.40. The van der Waals surface area contributed by atoms with Crippen LogP contribution in [0.1, 0.15) is 30.5 Å². The Balaban J connectivity index is 1.67. The van der Waals surface area contributed by atoms with E-state index in [1.165, 1.54) is 15.6 Å². The molecule has 1 fully saturated rings. The first-order chi connectivity index (χ1) is 12.9. The molecule has 0 bridgehead atoms. The molecule has 3 aromatic rings. The molecule has 4 rings (SSSR count). The molecule has 2 aromatic heterocycles. The van der Waals surface area contributed by atoms with E-state index < -0.39 is 27.7 Å². The van der Waals surface area contributed by atoms with E-state index in [2.05, 4.69) is 15.2 Å². The van der Waals surface area contributed by atoms with Gasteiger partial charge in [0.05, 0.1) is 16.1 Å². The second-order valence-corrected chi connectivity index (χ2v) is 8.81. The van der Waals surface area contributed by atoms with Gasteiger partial charge in [-0.15, -0.1) is 21.5 Å². The molecule has 7 nitrogen and oxygen atoms in total. The van der Waals surface area contributed by atoms with Gasteiger partial charge in [-0.3, -0.25) is 0 Å². The summed E-state index contributed by atoms with van der Waals surface area (Å²) in [5, 5.41) is 8.01. The predicted molar refractivity (Wildman–Crippen MR) is 92.4 cm³/mol. The van der Waals surface area contributed by atoms with Crippen LogP contribution in [0.25, 0.3) is 10.8 Å². The number of rotatable bonds is 4. The van der Waals surface area contributed by atoms with Gasteiger partial charge in [-0.2, -0.15) is 4.31 Å². The van der Waals surface area contributed by atoms with Gasteiger partial charge < -0.3 is 4.42 Å². The maximum Gasteiger partial charge on any atom is 0.259 e. The van der Waals surface area contributed by atoms with Gasteiger partial charge in [0, 0.05) is 6.54 Å². The summed E-state index contributed by atoms with van der Waals surface area (Å²) in [6, 6.07) is 1.87. The fourth-order valence-electron chi connectivity index (χ4n) is 3.02. The van der Waals surface area contributed by atoms with Gasteiger partial charge in [0.15, 0.2) is 11.6 Å². The molecule has 1 saturated heterocycles. The molecule has 0 amide bonds. The Bertz CT molecular complexity index is 1100. The number of hydrogen-bond donors (Lipinski definition) is 0. The lowest BCUT2D eigenvalue weighted by Gasteiger charge is -2.21. The number of halogens is 2. The van der Waals surface area contributed by atoms with Crippen molar-refractivity contribution in [2.75, 3.05) is 6.54 Å². The predicted octanol–water partition coefficient (Wildman–Crippen LogP) is 3.31. The number of nitrogens with zero attached hydrogens (tertiary/aromatic N) is 4. The van der Waals surface area contributed by atoms with E-state index in [0.717, 1.165) is 22.7 Å². The lowest BCUT2D eigenvalue weighted by molar-refractivity contribution is 0.332. The van der Waals surface area contributed by atoms with Crippen molar-refractivity contribution in [2.24, 2.45) is 0 Å². The minimum atomic E-state index is -4.04. The molecule has 1 aromatic carbocycles. The maximum absolute atomic E-state index is 13.5. The highest BCUT2D eigenvalue weighted by atomic mass is 32.2. The van der Waals surface area contributed by atoms with Crippen molar-refractivity contribution < 1.29 is 21.6 Å². The van der Waals surface area contributed by atoms with Gasteiger partial charge in [-0.25, -0.2) is 22.2 Å². The molecule has 0 saturated carbocycles. The van der Waals surface area contributed by atoms with E-state index in [1.807, 2.05) is 6.92 Å². The van der Waals surface area contributed by atoms with Gasteiger partial charge in [-0.1, -0.05) is 0 Å². The minimum Gasteiger partial charge on any atom is -0.418 e. The number of sulfonamides is 1. The molecule has 0 spiro atoms. The summed E-state index contributed by atoms with van der Waals surface area (Å²) in [6.07, 6.45) is 1.08. The molecule has 11 heteroatoms. The average molecular weight is 412 g/mol. The molecule has 27 heavy (non-hydrogen) atoms. The van der Waals surface area contributed by atoms with Gasteiger partial charge in [0.2, 0.25) is 15.9 Å². The lowest BCUT2D eigenvalue weighted by Crippen LogP contribution is -2.31. The Labute approximate surface area is 157 Å². The average Bonchev–Trinajstić information content (AvgIpc) is 3.35. The number of aryl methyl sites for hydroxylation is 1. The molecule has 0 aliphatic carbocycles. The van der Waals surface area contributed by atoms with Crippen molar-refractivity contribution in [1.82, 2.24) is 19.5 Å². The molecule has 3 heterocycles. The Morgan fingerprint density at radius 3 is 2.78 bits per heavy atom. The first-order valence-corrected chi connectivity index (χ1v) is 10.4. The Kier molecular flexibility index (Phi) is 4.52. The SMILES string of the molecule is Cc1ncsc1-c1nnc(C2CCCN2S(=O)(=O)c2ccc(F)c(F)c2)o1. The lowest BCUT2D eigenvalue weighted by atomic mass is 10.2. The number of benzene rings is 1. The van der Waals surface area contributed by atoms with Crippen LogP contribution in [0.4, 0.5) is 8.78 Å². The molecule has 1 unspecified atom stereocenters. The number of aromatic nitrogens is 3. The van der Waals surface area contributed by atoms with Crippen molar-refractivity contribution in [1.29, 1.82) is 0 Å². The third-order valence-corrected chi connectivity index (χ3v) is 7.19. The normalized spacial score (nSPS) is 18.3. The maximum atomic E-state index is 13.5. The third kappa shape index (κ3) is 3.15. The van der Waals surface area contributed by atoms with E-state index in [1.54, 1.807) is 5.51 Å². The topological polar surface area (TPSA) is 89.2 Å². The van der Waals surface area contributed by atoms with Crippen molar-refractivity contribution in [2.45, 2.75) is 30.7 Å². The second kappa shape index (κ2) is 6.73. The Morgan fingerprint density at radius 1 is 1.26 bits per heavy atom. The fraction of sp³-hybridized carbons (Fsp3) is 0.312. The first kappa shape index (κ1) is 18.1. The summed E-state index contributed by atoms with van der Waals surface area (Å²) in [7, 11) is -4.04. The van der Waals surface area contributed by atoms with Crippen molar-refractivity contribution in [3.8, 4) is 10.8 Å². The minimum absolute atomic E-state index is 0.168. The zero-order chi connectivity index (χ0) is 19.2. The molecule has 0 radical (unpaired) electrons. The van der Waals surface area contributed by atoms with Crippen molar-refractivity contribution >= 4 is 21.4 Å². The first-order valence-electron chi connectivity index (χ1n) is 8.08. The second-order valence-electron chi connectivity index (χ2n) is 6.06.